The van der Waals surface area contributed by atoms with Gasteiger partial charge in [0.2, 0.25) is 0 Å². The summed E-state index contributed by atoms with van der Waals surface area (Å²) in [7, 11) is 4.04. The van der Waals surface area contributed by atoms with E-state index in [0.29, 0.717) is 11.6 Å². The van der Waals surface area contributed by atoms with Gasteiger partial charge in [0.15, 0.2) is 0 Å². The first-order chi connectivity index (χ1) is 6.42. The Kier molecular flexibility index (Phi) is 3.53. The fourth-order valence-electron chi connectivity index (χ4n) is 1.60. The molecule has 2 nitrogen and oxygen atoms in total. The molecule has 0 amide bonds. The van der Waals surface area contributed by atoms with Crippen molar-refractivity contribution < 1.29 is 10.0 Å². The molecule has 1 aromatic rings. The van der Waals surface area contributed by atoms with Crippen LogP contribution in [0.1, 0.15) is 12.5 Å². The minimum Gasteiger partial charge on any atom is -0.380 e. The van der Waals surface area contributed by atoms with Gasteiger partial charge in [0.05, 0.1) is 14.1 Å². The zero-order valence-corrected chi connectivity index (χ0v) is 9.60. The molecule has 0 bridgehead atoms. The molecule has 0 aliphatic carbocycles. The number of hydrogen-bond donors (Lipinski definition) is 2. The lowest BCUT2D eigenvalue weighted by atomic mass is 9.96. The van der Waals surface area contributed by atoms with Crippen LogP contribution >= 0.6 is 11.6 Å². The minimum atomic E-state index is -0.788. The molecule has 0 aliphatic heterocycles. The van der Waals surface area contributed by atoms with Crippen molar-refractivity contribution in [3.63, 3.8) is 0 Å². The number of hydrogen-bond acceptors (Lipinski definition) is 1. The molecular weight excluding hydrogens is 198 g/mol. The van der Waals surface area contributed by atoms with Crippen LogP contribution in [-0.4, -0.2) is 25.7 Å². The molecule has 0 saturated carbocycles. The molecule has 0 spiro atoms. The highest BCUT2D eigenvalue weighted by Crippen LogP contribution is 2.20. The van der Waals surface area contributed by atoms with E-state index >= 15 is 0 Å². The molecule has 3 heteroatoms. The van der Waals surface area contributed by atoms with Gasteiger partial charge in [-0.05, 0) is 24.6 Å². The topological polar surface area (TPSA) is 24.7 Å². The van der Waals surface area contributed by atoms with Crippen LogP contribution in [0, 0.1) is 0 Å². The van der Waals surface area contributed by atoms with Crippen molar-refractivity contribution in [1.82, 2.24) is 0 Å². The Morgan fingerprint density at radius 2 is 1.79 bits per heavy atom. The Labute approximate surface area is 90.1 Å². The summed E-state index contributed by atoms with van der Waals surface area (Å²) in [6, 6.07) is 7.34. The van der Waals surface area contributed by atoms with Gasteiger partial charge in [-0.15, -0.1) is 0 Å². The molecule has 1 atom stereocenters. The van der Waals surface area contributed by atoms with E-state index in [4.69, 9.17) is 11.6 Å². The predicted molar refractivity (Wildman–Crippen MR) is 58.7 cm³/mol. The van der Waals surface area contributed by atoms with Crippen molar-refractivity contribution >= 4 is 11.6 Å². The van der Waals surface area contributed by atoms with Crippen LogP contribution in [0.15, 0.2) is 24.3 Å². The summed E-state index contributed by atoms with van der Waals surface area (Å²) in [6.45, 7) is 2.50. The summed E-state index contributed by atoms with van der Waals surface area (Å²) in [4.78, 5) is 1.21. The predicted octanol–water partition coefficient (Wildman–Crippen LogP) is 0.692. The third kappa shape index (κ3) is 2.98. The molecule has 2 N–H and O–H groups in total. The highest BCUT2D eigenvalue weighted by Gasteiger charge is 2.26. The molecule has 0 aliphatic rings. The quantitative estimate of drug-likeness (QED) is 0.761. The van der Waals surface area contributed by atoms with E-state index in [1.165, 1.54) is 4.90 Å². The highest BCUT2D eigenvalue weighted by atomic mass is 35.5. The maximum absolute atomic E-state index is 10.2. The molecule has 14 heavy (non-hydrogen) atoms. The van der Waals surface area contributed by atoms with Gasteiger partial charge in [-0.3, -0.25) is 0 Å². The molecule has 0 unspecified atom stereocenters. The van der Waals surface area contributed by atoms with Crippen LogP contribution in [0.3, 0.4) is 0 Å². The lowest BCUT2D eigenvalue weighted by Crippen LogP contribution is -3.07. The summed E-state index contributed by atoms with van der Waals surface area (Å²) in [6.07, 6.45) is 0. The van der Waals surface area contributed by atoms with Gasteiger partial charge < -0.3 is 10.0 Å². The van der Waals surface area contributed by atoms with E-state index in [9.17, 15) is 5.11 Å². The average Bonchev–Trinajstić information content (AvgIpc) is 2.02. The lowest BCUT2D eigenvalue weighted by molar-refractivity contribution is -0.866. The molecule has 78 valence electrons. The SMILES string of the molecule is C[NH+](C)C[C@@](C)(O)c1ccc(Cl)cc1. The number of likely N-dealkylation sites (N-methyl/N-ethyl adjacent to an activating group) is 1. The highest BCUT2D eigenvalue weighted by molar-refractivity contribution is 6.30. The Bertz CT molecular complexity index is 293. The monoisotopic (exact) mass is 214 g/mol. The van der Waals surface area contributed by atoms with Gasteiger partial charge in [-0.2, -0.15) is 0 Å². The van der Waals surface area contributed by atoms with E-state index in [1.54, 1.807) is 12.1 Å². The fraction of sp³-hybridized carbons (Fsp3) is 0.455. The molecular formula is C11H17ClNO+. The van der Waals surface area contributed by atoms with E-state index in [0.717, 1.165) is 5.56 Å². The fourth-order valence-corrected chi connectivity index (χ4v) is 1.73. The van der Waals surface area contributed by atoms with Crippen LogP contribution in [0.5, 0.6) is 0 Å². The first-order valence-electron chi connectivity index (χ1n) is 4.69. The van der Waals surface area contributed by atoms with Gasteiger partial charge in [-0.1, -0.05) is 23.7 Å². The summed E-state index contributed by atoms with van der Waals surface area (Å²) >= 11 is 5.78. The first-order valence-corrected chi connectivity index (χ1v) is 5.07. The van der Waals surface area contributed by atoms with Crippen molar-refractivity contribution in [2.45, 2.75) is 12.5 Å². The second-order valence-corrected chi connectivity index (χ2v) is 4.60. The Morgan fingerprint density at radius 3 is 2.21 bits per heavy atom. The zero-order chi connectivity index (χ0) is 10.8. The van der Waals surface area contributed by atoms with Crippen LogP contribution in [0.4, 0.5) is 0 Å². The standard InChI is InChI=1S/C11H16ClNO/c1-11(14,8-13(2)3)9-4-6-10(12)7-5-9/h4-7,14H,8H2,1-3H3/p+1/t11-/m1/s1. The zero-order valence-electron chi connectivity index (χ0n) is 8.84. The number of quaternary nitrogens is 1. The van der Waals surface area contributed by atoms with Gasteiger partial charge in [0, 0.05) is 5.02 Å². The van der Waals surface area contributed by atoms with Crippen molar-refractivity contribution in [3.8, 4) is 0 Å². The van der Waals surface area contributed by atoms with Gasteiger partial charge in [0.25, 0.3) is 0 Å². The molecule has 0 saturated heterocycles. The number of rotatable bonds is 3. The van der Waals surface area contributed by atoms with Crippen LogP contribution in [0.25, 0.3) is 0 Å². The van der Waals surface area contributed by atoms with Crippen LogP contribution in [-0.2, 0) is 5.60 Å². The summed E-state index contributed by atoms with van der Waals surface area (Å²) in [5.74, 6) is 0. The van der Waals surface area contributed by atoms with Gasteiger partial charge in [-0.25, -0.2) is 0 Å². The van der Waals surface area contributed by atoms with Gasteiger partial charge in [0.1, 0.15) is 12.1 Å². The molecule has 0 radical (unpaired) electrons. The smallest absolute Gasteiger partial charge is 0.135 e. The second-order valence-electron chi connectivity index (χ2n) is 4.16. The van der Waals surface area contributed by atoms with E-state index in [1.807, 2.05) is 33.2 Å². The van der Waals surface area contributed by atoms with Crippen molar-refractivity contribution in [1.29, 1.82) is 0 Å². The number of nitrogens with one attached hydrogen (secondary N) is 1. The van der Waals surface area contributed by atoms with Crippen molar-refractivity contribution in [2.75, 3.05) is 20.6 Å². The summed E-state index contributed by atoms with van der Waals surface area (Å²) in [5, 5.41) is 10.9. The second kappa shape index (κ2) is 4.30. The first kappa shape index (κ1) is 11.5. The largest absolute Gasteiger partial charge is 0.380 e. The average molecular weight is 215 g/mol. The maximum atomic E-state index is 10.2. The minimum absolute atomic E-state index is 0.675. The summed E-state index contributed by atoms with van der Waals surface area (Å²) in [5.41, 5.74) is 0.117. The lowest BCUT2D eigenvalue weighted by Gasteiger charge is -2.24. The normalized spacial score (nSPS) is 15.6. The van der Waals surface area contributed by atoms with Gasteiger partial charge >= 0.3 is 0 Å². The molecule has 1 aromatic carbocycles. The van der Waals surface area contributed by atoms with E-state index in [-0.39, 0.29) is 0 Å². The number of halogens is 1. The third-order valence-electron chi connectivity index (χ3n) is 2.16. The Morgan fingerprint density at radius 1 is 1.29 bits per heavy atom. The van der Waals surface area contributed by atoms with Crippen molar-refractivity contribution in [3.05, 3.63) is 34.9 Å². The van der Waals surface area contributed by atoms with E-state index < -0.39 is 5.60 Å². The molecule has 0 fully saturated rings. The van der Waals surface area contributed by atoms with Crippen LogP contribution < -0.4 is 4.90 Å². The molecule has 0 heterocycles. The molecule has 0 aromatic heterocycles. The van der Waals surface area contributed by atoms with E-state index in [2.05, 4.69) is 0 Å². The summed E-state index contributed by atoms with van der Waals surface area (Å²) < 4.78 is 0. The Hall–Kier alpha value is -0.570. The molecule has 1 rings (SSSR count). The third-order valence-corrected chi connectivity index (χ3v) is 2.42. The number of benzene rings is 1. The van der Waals surface area contributed by atoms with Crippen LogP contribution in [0.2, 0.25) is 5.02 Å². The maximum Gasteiger partial charge on any atom is 0.135 e. The number of aliphatic hydroxyl groups is 1. The van der Waals surface area contributed by atoms with Crippen molar-refractivity contribution in [2.24, 2.45) is 0 Å². The Balaban J connectivity index is 2.86.